The van der Waals surface area contributed by atoms with Gasteiger partial charge in [-0.3, -0.25) is 9.59 Å². The molecule has 1 aromatic rings. The molecular formula is C15H19NO5S. The van der Waals surface area contributed by atoms with Crippen LogP contribution in [0.5, 0.6) is 11.5 Å². The number of benzene rings is 1. The lowest BCUT2D eigenvalue weighted by molar-refractivity contribution is -0.141. The Morgan fingerprint density at radius 1 is 1.27 bits per heavy atom. The highest BCUT2D eigenvalue weighted by Gasteiger charge is 2.33. The molecule has 1 aliphatic heterocycles. The zero-order chi connectivity index (χ0) is 16.1. The van der Waals surface area contributed by atoms with E-state index in [4.69, 9.17) is 9.47 Å². The van der Waals surface area contributed by atoms with E-state index < -0.39 is 0 Å². The normalized spacial score (nSPS) is 17.5. The Hall–Kier alpha value is -1.89. The summed E-state index contributed by atoms with van der Waals surface area (Å²) in [5.41, 5.74) is 0.943. The van der Waals surface area contributed by atoms with Crippen LogP contribution in [0.25, 0.3) is 0 Å². The molecule has 0 bridgehead atoms. The molecule has 120 valence electrons. The van der Waals surface area contributed by atoms with Gasteiger partial charge >= 0.3 is 5.97 Å². The van der Waals surface area contributed by atoms with Gasteiger partial charge in [-0.1, -0.05) is 6.07 Å². The van der Waals surface area contributed by atoms with Gasteiger partial charge in [0, 0.05) is 6.54 Å². The van der Waals surface area contributed by atoms with Crippen LogP contribution in [0.15, 0.2) is 18.2 Å². The summed E-state index contributed by atoms with van der Waals surface area (Å²) in [6.45, 7) is 0.345. The predicted molar refractivity (Wildman–Crippen MR) is 83.1 cm³/mol. The lowest BCUT2D eigenvalue weighted by Gasteiger charge is -2.24. The van der Waals surface area contributed by atoms with E-state index in [0.29, 0.717) is 23.8 Å². The molecule has 6 nitrogen and oxygen atoms in total. The van der Waals surface area contributed by atoms with Gasteiger partial charge in [0.25, 0.3) is 0 Å². The minimum absolute atomic E-state index is 0.0219. The molecule has 0 radical (unpaired) electrons. The van der Waals surface area contributed by atoms with Crippen LogP contribution in [0.4, 0.5) is 0 Å². The molecule has 1 aromatic carbocycles. The number of thioether (sulfide) groups is 1. The monoisotopic (exact) mass is 325 g/mol. The minimum atomic E-state index is -0.323. The Kier molecular flexibility index (Phi) is 5.54. The highest BCUT2D eigenvalue weighted by Crippen LogP contribution is 2.41. The summed E-state index contributed by atoms with van der Waals surface area (Å²) in [5.74, 6) is 1.36. The summed E-state index contributed by atoms with van der Waals surface area (Å²) < 4.78 is 15.2. The molecule has 2 rings (SSSR count). The lowest BCUT2D eigenvalue weighted by Crippen LogP contribution is -2.30. The van der Waals surface area contributed by atoms with E-state index >= 15 is 0 Å². The summed E-state index contributed by atoms with van der Waals surface area (Å²) >= 11 is 1.53. The summed E-state index contributed by atoms with van der Waals surface area (Å²) in [5, 5.41) is -0.128. The number of methoxy groups -OCH3 is 3. The van der Waals surface area contributed by atoms with Crippen molar-refractivity contribution >= 4 is 23.6 Å². The van der Waals surface area contributed by atoms with Crippen LogP contribution < -0.4 is 9.47 Å². The maximum absolute atomic E-state index is 12.0. The Labute approximate surface area is 133 Å². The smallest absolute Gasteiger partial charge is 0.307 e. The highest BCUT2D eigenvalue weighted by molar-refractivity contribution is 8.00. The van der Waals surface area contributed by atoms with Crippen LogP contribution >= 0.6 is 11.8 Å². The standard InChI is InChI=1S/C15H19NO5S/c1-19-11-5-4-10(8-12(11)20-2)15-16(13(17)9-22-15)7-6-14(18)21-3/h4-5,8,15H,6-7,9H2,1-3H3. The molecule has 22 heavy (non-hydrogen) atoms. The number of hydrogen-bond acceptors (Lipinski definition) is 6. The molecule has 1 heterocycles. The van der Waals surface area contributed by atoms with E-state index in [2.05, 4.69) is 4.74 Å². The zero-order valence-corrected chi connectivity index (χ0v) is 13.6. The first kappa shape index (κ1) is 16.5. The number of nitrogens with zero attached hydrogens (tertiary/aromatic N) is 1. The molecule has 0 saturated carbocycles. The number of rotatable bonds is 6. The van der Waals surface area contributed by atoms with Gasteiger partial charge in [-0.25, -0.2) is 0 Å². The van der Waals surface area contributed by atoms with E-state index in [0.717, 1.165) is 5.56 Å². The van der Waals surface area contributed by atoms with E-state index in [1.165, 1.54) is 18.9 Å². The highest BCUT2D eigenvalue weighted by atomic mass is 32.2. The van der Waals surface area contributed by atoms with Crippen molar-refractivity contribution in [1.82, 2.24) is 4.90 Å². The number of esters is 1. The van der Waals surface area contributed by atoms with Crippen LogP contribution in [0, 0.1) is 0 Å². The maximum Gasteiger partial charge on any atom is 0.307 e. The Bertz CT molecular complexity index is 563. The molecule has 0 spiro atoms. The summed E-state index contributed by atoms with van der Waals surface area (Å²) in [6, 6.07) is 5.58. The van der Waals surface area contributed by atoms with E-state index in [9.17, 15) is 9.59 Å². The fraction of sp³-hybridized carbons (Fsp3) is 0.467. The Morgan fingerprint density at radius 2 is 2.00 bits per heavy atom. The molecule has 1 aliphatic rings. The lowest BCUT2D eigenvalue weighted by atomic mass is 10.1. The SMILES string of the molecule is COC(=O)CCN1C(=O)CSC1c1ccc(OC)c(OC)c1. The van der Waals surface area contributed by atoms with Gasteiger partial charge in [-0.2, -0.15) is 0 Å². The van der Waals surface area contributed by atoms with Crippen molar-refractivity contribution in [2.45, 2.75) is 11.8 Å². The van der Waals surface area contributed by atoms with Gasteiger partial charge in [-0.15, -0.1) is 11.8 Å². The second-order valence-electron chi connectivity index (χ2n) is 4.69. The number of carbonyl (C=O) groups excluding carboxylic acids is 2. The van der Waals surface area contributed by atoms with Gasteiger partial charge in [0.2, 0.25) is 5.91 Å². The number of amides is 1. The Morgan fingerprint density at radius 3 is 2.64 bits per heavy atom. The van der Waals surface area contributed by atoms with Crippen molar-refractivity contribution in [2.24, 2.45) is 0 Å². The molecular weight excluding hydrogens is 306 g/mol. The third kappa shape index (κ3) is 3.47. The van der Waals surface area contributed by atoms with Gasteiger partial charge in [0.1, 0.15) is 5.37 Å². The Balaban J connectivity index is 2.18. The van der Waals surface area contributed by atoms with Crippen LogP contribution in [0.3, 0.4) is 0 Å². The molecule has 0 aromatic heterocycles. The average Bonchev–Trinajstić information content (AvgIpc) is 2.92. The fourth-order valence-corrected chi connectivity index (χ4v) is 3.50. The van der Waals surface area contributed by atoms with E-state index in [1.54, 1.807) is 19.1 Å². The molecule has 1 amide bonds. The summed E-state index contributed by atoms with van der Waals surface area (Å²) in [4.78, 5) is 25.0. The van der Waals surface area contributed by atoms with Crippen molar-refractivity contribution in [3.63, 3.8) is 0 Å². The van der Waals surface area contributed by atoms with E-state index in [1.807, 2.05) is 18.2 Å². The van der Waals surface area contributed by atoms with Crippen molar-refractivity contribution in [3.8, 4) is 11.5 Å². The maximum atomic E-state index is 12.0. The summed E-state index contributed by atoms with van der Waals surface area (Å²) in [6.07, 6.45) is 0.187. The fourth-order valence-electron chi connectivity index (χ4n) is 2.29. The molecule has 0 N–H and O–H groups in total. The molecule has 7 heteroatoms. The van der Waals surface area contributed by atoms with Crippen molar-refractivity contribution < 1.29 is 23.8 Å². The topological polar surface area (TPSA) is 65.1 Å². The molecule has 1 atom stereocenters. The first-order chi connectivity index (χ1) is 10.6. The largest absolute Gasteiger partial charge is 0.493 e. The van der Waals surface area contributed by atoms with Crippen LogP contribution in [-0.2, 0) is 14.3 Å². The molecule has 0 aliphatic carbocycles. The zero-order valence-electron chi connectivity index (χ0n) is 12.8. The molecule has 1 fully saturated rings. The second kappa shape index (κ2) is 7.40. The quantitative estimate of drug-likeness (QED) is 0.744. The number of carbonyl (C=O) groups is 2. The van der Waals surface area contributed by atoms with E-state index in [-0.39, 0.29) is 23.7 Å². The number of hydrogen-bond donors (Lipinski definition) is 0. The summed E-state index contributed by atoms with van der Waals surface area (Å²) in [7, 11) is 4.49. The van der Waals surface area contributed by atoms with Gasteiger partial charge in [0.15, 0.2) is 11.5 Å². The van der Waals surface area contributed by atoms with Crippen LogP contribution in [-0.4, -0.2) is 50.4 Å². The first-order valence-electron chi connectivity index (χ1n) is 6.80. The molecule has 1 unspecified atom stereocenters. The third-order valence-electron chi connectivity index (χ3n) is 3.45. The van der Waals surface area contributed by atoms with Crippen LogP contribution in [0.1, 0.15) is 17.4 Å². The van der Waals surface area contributed by atoms with Crippen molar-refractivity contribution in [2.75, 3.05) is 33.6 Å². The predicted octanol–water partition coefficient (Wildman–Crippen LogP) is 1.84. The third-order valence-corrected chi connectivity index (χ3v) is 4.70. The van der Waals surface area contributed by atoms with Crippen LogP contribution in [0.2, 0.25) is 0 Å². The minimum Gasteiger partial charge on any atom is -0.493 e. The van der Waals surface area contributed by atoms with Crippen molar-refractivity contribution in [1.29, 1.82) is 0 Å². The van der Waals surface area contributed by atoms with Gasteiger partial charge < -0.3 is 19.1 Å². The number of ether oxygens (including phenoxy) is 3. The van der Waals surface area contributed by atoms with Crippen molar-refractivity contribution in [3.05, 3.63) is 23.8 Å². The average molecular weight is 325 g/mol. The van der Waals surface area contributed by atoms with Gasteiger partial charge in [0.05, 0.1) is 33.5 Å². The second-order valence-corrected chi connectivity index (χ2v) is 5.76. The first-order valence-corrected chi connectivity index (χ1v) is 7.85. The molecule has 1 saturated heterocycles. The van der Waals surface area contributed by atoms with Gasteiger partial charge in [-0.05, 0) is 17.7 Å².